The average molecular weight is 436 g/mol. The standard InChI is InChI=1S/C22H28O9/c1-10(14(25)9-29-12(3)24)20(27)30-15-7-22(4)16(26)6-5-13(8-23)18(22)19-17(15)11(2)21(28)31-19/h8,13-19,25-26H,1-2,5-7,9H2,3-4H3/t13-,14+,15-,16+,17+,18+,19-,22-/m0/s1. The third kappa shape index (κ3) is 4.04. The van der Waals surface area contributed by atoms with Crippen LogP contribution in [0.5, 0.6) is 0 Å². The molecule has 1 aliphatic heterocycles. The molecule has 2 N–H and O–H groups in total. The maximum atomic E-state index is 12.6. The Labute approximate surface area is 180 Å². The molecular formula is C22H28O9. The summed E-state index contributed by atoms with van der Waals surface area (Å²) in [5.74, 6) is -3.69. The number of ether oxygens (including phenoxy) is 3. The quantitative estimate of drug-likeness (QED) is 0.263. The molecule has 2 saturated carbocycles. The molecule has 3 aliphatic rings. The van der Waals surface area contributed by atoms with Crippen molar-refractivity contribution in [1.82, 2.24) is 0 Å². The van der Waals surface area contributed by atoms with Crippen LogP contribution in [0.25, 0.3) is 0 Å². The van der Waals surface area contributed by atoms with Crippen molar-refractivity contribution in [2.75, 3.05) is 6.61 Å². The first kappa shape index (κ1) is 23.1. The van der Waals surface area contributed by atoms with Crippen molar-refractivity contribution >= 4 is 24.2 Å². The number of esters is 3. The monoisotopic (exact) mass is 436 g/mol. The first-order valence-electron chi connectivity index (χ1n) is 10.3. The van der Waals surface area contributed by atoms with Gasteiger partial charge in [-0.05, 0) is 19.3 Å². The van der Waals surface area contributed by atoms with Crippen molar-refractivity contribution in [1.29, 1.82) is 0 Å². The Bertz CT molecular complexity index is 818. The summed E-state index contributed by atoms with van der Waals surface area (Å²) in [7, 11) is 0. The highest BCUT2D eigenvalue weighted by atomic mass is 16.6. The van der Waals surface area contributed by atoms with E-state index in [9.17, 15) is 29.4 Å². The molecule has 0 radical (unpaired) electrons. The first-order valence-corrected chi connectivity index (χ1v) is 10.3. The topological polar surface area (TPSA) is 136 Å². The Morgan fingerprint density at radius 1 is 1.39 bits per heavy atom. The van der Waals surface area contributed by atoms with Gasteiger partial charge in [-0.2, -0.15) is 0 Å². The molecule has 0 aromatic carbocycles. The lowest BCUT2D eigenvalue weighted by atomic mass is 9.51. The van der Waals surface area contributed by atoms with Gasteiger partial charge in [0.25, 0.3) is 0 Å². The Morgan fingerprint density at radius 2 is 2.06 bits per heavy atom. The molecule has 0 unspecified atom stereocenters. The van der Waals surface area contributed by atoms with Crippen molar-refractivity contribution in [3.8, 4) is 0 Å². The maximum absolute atomic E-state index is 12.6. The number of hydrogen-bond acceptors (Lipinski definition) is 9. The van der Waals surface area contributed by atoms with Crippen LogP contribution in [-0.2, 0) is 33.4 Å². The van der Waals surface area contributed by atoms with Gasteiger partial charge >= 0.3 is 17.9 Å². The molecule has 9 nitrogen and oxygen atoms in total. The van der Waals surface area contributed by atoms with E-state index in [0.717, 1.165) is 13.2 Å². The van der Waals surface area contributed by atoms with Crippen LogP contribution in [0.4, 0.5) is 0 Å². The SMILES string of the molecule is C=C1C(=O)O[C@H]2[C@H]1[C@@H](OC(=O)C(=C)[C@H](O)COC(C)=O)C[C@]1(C)[C@@H]2[C@H](C=O)CC[C@H]1O. The first-order chi connectivity index (χ1) is 14.5. The zero-order valence-electron chi connectivity index (χ0n) is 17.6. The minimum Gasteiger partial charge on any atom is -0.463 e. The Balaban J connectivity index is 1.85. The lowest BCUT2D eigenvalue weighted by Crippen LogP contribution is -2.60. The summed E-state index contributed by atoms with van der Waals surface area (Å²) in [5.41, 5.74) is -1.00. The minimum atomic E-state index is -1.46. The van der Waals surface area contributed by atoms with Gasteiger partial charge in [0.1, 0.15) is 31.2 Å². The molecule has 0 amide bonds. The molecule has 170 valence electrons. The molecule has 3 rings (SSSR count). The number of carbonyl (C=O) groups is 4. The molecular weight excluding hydrogens is 408 g/mol. The lowest BCUT2D eigenvalue weighted by Gasteiger charge is -2.55. The van der Waals surface area contributed by atoms with E-state index >= 15 is 0 Å². The number of aliphatic hydroxyl groups is 2. The van der Waals surface area contributed by atoms with Gasteiger partial charge in [0.15, 0.2) is 0 Å². The zero-order valence-corrected chi connectivity index (χ0v) is 17.6. The molecule has 31 heavy (non-hydrogen) atoms. The van der Waals surface area contributed by atoms with E-state index in [-0.39, 0.29) is 17.6 Å². The highest BCUT2D eigenvalue weighted by Gasteiger charge is 2.63. The minimum absolute atomic E-state index is 0.139. The summed E-state index contributed by atoms with van der Waals surface area (Å²) in [6.07, 6.45) is -1.99. The second kappa shape index (κ2) is 8.55. The van der Waals surface area contributed by atoms with E-state index in [1.54, 1.807) is 6.92 Å². The average Bonchev–Trinajstić information content (AvgIpc) is 3.01. The van der Waals surface area contributed by atoms with E-state index < -0.39 is 72.1 Å². The molecule has 2 aliphatic carbocycles. The lowest BCUT2D eigenvalue weighted by molar-refractivity contribution is -0.195. The highest BCUT2D eigenvalue weighted by Crippen LogP contribution is 2.58. The fourth-order valence-electron chi connectivity index (χ4n) is 5.28. The van der Waals surface area contributed by atoms with Gasteiger partial charge in [0.05, 0.1) is 17.6 Å². The molecule has 0 aromatic rings. The fourth-order valence-corrected chi connectivity index (χ4v) is 5.28. The molecule has 0 aromatic heterocycles. The van der Waals surface area contributed by atoms with Crippen molar-refractivity contribution in [3.63, 3.8) is 0 Å². The predicted molar refractivity (Wildman–Crippen MR) is 105 cm³/mol. The number of aliphatic hydroxyl groups excluding tert-OH is 2. The number of fused-ring (bicyclic) bond motifs is 3. The van der Waals surface area contributed by atoms with Crippen LogP contribution in [0.15, 0.2) is 24.3 Å². The van der Waals surface area contributed by atoms with E-state index in [0.29, 0.717) is 12.8 Å². The summed E-state index contributed by atoms with van der Waals surface area (Å²) in [5, 5.41) is 20.8. The molecule has 1 heterocycles. The van der Waals surface area contributed by atoms with Crippen LogP contribution in [0.3, 0.4) is 0 Å². The summed E-state index contributed by atoms with van der Waals surface area (Å²) in [6.45, 7) is 9.83. The molecule has 8 atom stereocenters. The van der Waals surface area contributed by atoms with Gasteiger partial charge < -0.3 is 29.2 Å². The van der Waals surface area contributed by atoms with Crippen LogP contribution >= 0.6 is 0 Å². The van der Waals surface area contributed by atoms with E-state index in [1.807, 2.05) is 0 Å². The fraction of sp³-hybridized carbons (Fsp3) is 0.636. The zero-order chi connectivity index (χ0) is 23.1. The smallest absolute Gasteiger partial charge is 0.336 e. The van der Waals surface area contributed by atoms with Crippen LogP contribution in [0.2, 0.25) is 0 Å². The number of carbonyl (C=O) groups excluding carboxylic acids is 4. The van der Waals surface area contributed by atoms with Crippen molar-refractivity contribution in [2.45, 2.75) is 57.5 Å². The maximum Gasteiger partial charge on any atom is 0.336 e. The number of aldehydes is 1. The second-order valence-electron chi connectivity index (χ2n) is 8.84. The normalized spacial score (nSPS) is 37.7. The summed E-state index contributed by atoms with van der Waals surface area (Å²) in [4.78, 5) is 47.6. The van der Waals surface area contributed by atoms with Gasteiger partial charge in [-0.25, -0.2) is 9.59 Å². The number of hydrogen-bond donors (Lipinski definition) is 2. The van der Waals surface area contributed by atoms with Crippen molar-refractivity contribution < 1.29 is 43.6 Å². The molecule has 1 saturated heterocycles. The van der Waals surface area contributed by atoms with Crippen LogP contribution < -0.4 is 0 Å². The molecule has 0 bridgehead atoms. The molecule has 9 heteroatoms. The van der Waals surface area contributed by atoms with Gasteiger partial charge in [-0.15, -0.1) is 0 Å². The predicted octanol–water partition coefficient (Wildman–Crippen LogP) is 0.472. The highest BCUT2D eigenvalue weighted by molar-refractivity contribution is 5.92. The van der Waals surface area contributed by atoms with Gasteiger partial charge in [-0.3, -0.25) is 4.79 Å². The van der Waals surface area contributed by atoms with E-state index in [1.165, 1.54) is 0 Å². The van der Waals surface area contributed by atoms with Crippen LogP contribution in [0, 0.1) is 23.2 Å². The second-order valence-corrected chi connectivity index (χ2v) is 8.84. The van der Waals surface area contributed by atoms with E-state index in [4.69, 9.17) is 9.47 Å². The largest absolute Gasteiger partial charge is 0.463 e. The summed E-state index contributed by atoms with van der Waals surface area (Å²) in [6, 6.07) is 0. The summed E-state index contributed by atoms with van der Waals surface area (Å²) >= 11 is 0. The van der Waals surface area contributed by atoms with Crippen molar-refractivity contribution in [2.24, 2.45) is 23.2 Å². The van der Waals surface area contributed by atoms with Crippen LogP contribution in [-0.4, -0.2) is 65.4 Å². The Kier molecular flexibility index (Phi) is 6.38. The van der Waals surface area contributed by atoms with Gasteiger partial charge in [0.2, 0.25) is 0 Å². The number of rotatable bonds is 6. The molecule has 0 spiro atoms. The Hall–Kier alpha value is -2.52. The van der Waals surface area contributed by atoms with Crippen LogP contribution in [0.1, 0.15) is 33.1 Å². The van der Waals surface area contributed by atoms with E-state index in [2.05, 4.69) is 17.9 Å². The molecule has 3 fully saturated rings. The summed E-state index contributed by atoms with van der Waals surface area (Å²) < 4.78 is 15.8. The third-order valence-corrected chi connectivity index (χ3v) is 6.96. The Morgan fingerprint density at radius 3 is 2.68 bits per heavy atom. The third-order valence-electron chi connectivity index (χ3n) is 6.96. The van der Waals surface area contributed by atoms with Gasteiger partial charge in [0, 0.05) is 29.7 Å². The van der Waals surface area contributed by atoms with Crippen molar-refractivity contribution in [3.05, 3.63) is 24.3 Å². The van der Waals surface area contributed by atoms with Gasteiger partial charge in [-0.1, -0.05) is 20.1 Å².